The highest BCUT2D eigenvalue weighted by molar-refractivity contribution is 6.19. The van der Waals surface area contributed by atoms with Gasteiger partial charge in [-0.15, -0.1) is 0 Å². The molecule has 0 spiro atoms. The fourth-order valence-electron chi connectivity index (χ4n) is 10.00. The van der Waals surface area contributed by atoms with Crippen molar-refractivity contribution in [3.63, 3.8) is 0 Å². The summed E-state index contributed by atoms with van der Waals surface area (Å²) < 4.78 is 9.24. The molecule has 12 rings (SSSR count). The van der Waals surface area contributed by atoms with Crippen molar-refractivity contribution in [2.24, 2.45) is 7.05 Å². The van der Waals surface area contributed by atoms with Gasteiger partial charge in [-0.1, -0.05) is 125 Å². The van der Waals surface area contributed by atoms with Crippen LogP contribution in [-0.4, -0.2) is 33.2 Å². The molecule has 304 valence electrons. The molecule has 0 saturated heterocycles. The van der Waals surface area contributed by atoms with Gasteiger partial charge in [0.15, 0.2) is 0 Å². The van der Waals surface area contributed by atoms with Gasteiger partial charge in [0.25, 0.3) is 0 Å². The molecule has 0 saturated carbocycles. The zero-order valence-electron chi connectivity index (χ0n) is 36.0. The Morgan fingerprint density at radius 2 is 1.03 bits per heavy atom. The van der Waals surface area contributed by atoms with Crippen LogP contribution in [0.5, 0.6) is 0 Å². The van der Waals surface area contributed by atoms with Crippen molar-refractivity contribution < 1.29 is 0 Å². The van der Waals surface area contributed by atoms with Crippen molar-refractivity contribution in [2.45, 2.75) is 39.5 Å². The Morgan fingerprint density at radius 1 is 0.429 bits per heavy atom. The van der Waals surface area contributed by atoms with Crippen molar-refractivity contribution >= 4 is 65.7 Å². The lowest BCUT2D eigenvalue weighted by Gasteiger charge is -2.22. The molecular weight excluding hydrogens is 771 g/mol. The molecule has 7 nitrogen and oxygen atoms in total. The molecule has 0 aliphatic rings. The van der Waals surface area contributed by atoms with Crippen molar-refractivity contribution in [1.29, 1.82) is 0 Å². The number of nitrogens with zero attached hydrogens (tertiary/aromatic N) is 7. The zero-order valence-corrected chi connectivity index (χ0v) is 36.0. The number of fused-ring (bicyclic) bond motifs is 8. The lowest BCUT2D eigenvalue weighted by Crippen LogP contribution is -2.07. The van der Waals surface area contributed by atoms with E-state index in [1.165, 1.54) is 49.4 Å². The van der Waals surface area contributed by atoms with E-state index in [0.717, 1.165) is 67.4 Å². The average molecular weight is 816 g/mol. The van der Waals surface area contributed by atoms with Gasteiger partial charge in [-0.25, -0.2) is 15.0 Å². The molecule has 0 aliphatic heterocycles. The number of rotatable bonds is 7. The normalized spacial score (nSPS) is 12.2. The highest BCUT2D eigenvalue weighted by atomic mass is 15.2. The quantitative estimate of drug-likeness (QED) is 0.161. The van der Waals surface area contributed by atoms with Crippen LogP contribution in [0.25, 0.3) is 106 Å². The second-order valence-electron chi connectivity index (χ2n) is 17.4. The summed E-state index contributed by atoms with van der Waals surface area (Å²) >= 11 is 0. The highest BCUT2D eigenvalue weighted by Gasteiger charge is 2.26. The van der Waals surface area contributed by atoms with E-state index in [2.05, 4.69) is 211 Å². The third-order valence-electron chi connectivity index (χ3n) is 13.0. The minimum Gasteiger partial charge on any atom is -0.313 e. The Labute approximate surface area is 365 Å². The van der Waals surface area contributed by atoms with Crippen LogP contribution in [0.1, 0.15) is 50.7 Å². The van der Waals surface area contributed by atoms with Gasteiger partial charge < -0.3 is 9.13 Å². The van der Waals surface area contributed by atoms with Crippen molar-refractivity contribution in [3.05, 3.63) is 181 Å². The molecule has 5 aromatic heterocycles. The number of imidazole rings is 2. The maximum Gasteiger partial charge on any atom is 0.215 e. The first-order valence-electron chi connectivity index (χ1n) is 21.9. The van der Waals surface area contributed by atoms with E-state index in [1.54, 1.807) is 0 Å². The second kappa shape index (κ2) is 14.1. The largest absolute Gasteiger partial charge is 0.313 e. The molecule has 12 aromatic rings. The zero-order chi connectivity index (χ0) is 42.5. The van der Waals surface area contributed by atoms with Crippen LogP contribution >= 0.6 is 0 Å². The van der Waals surface area contributed by atoms with E-state index in [0.29, 0.717) is 0 Å². The van der Waals surface area contributed by atoms with E-state index < -0.39 is 0 Å². The molecule has 0 atom stereocenters. The molecule has 0 amide bonds. The fraction of sp³-hybridized carbons (Fsp3) is 0.125. The van der Waals surface area contributed by atoms with Crippen LogP contribution in [0.15, 0.2) is 170 Å². The summed E-state index contributed by atoms with van der Waals surface area (Å²) in [6.07, 6.45) is 1.88. The molecule has 0 aliphatic carbocycles. The molecule has 0 fully saturated rings. The number of aromatic nitrogens is 7. The van der Waals surface area contributed by atoms with Gasteiger partial charge >= 0.3 is 0 Å². The summed E-state index contributed by atoms with van der Waals surface area (Å²) in [6.45, 7) is 9.16. The Kier molecular flexibility index (Phi) is 8.31. The average Bonchev–Trinajstić information content (AvgIpc) is 4.05. The lowest BCUT2D eigenvalue weighted by atomic mass is 9.85. The Morgan fingerprint density at radius 3 is 1.70 bits per heavy atom. The highest BCUT2D eigenvalue weighted by Crippen LogP contribution is 2.43. The van der Waals surface area contributed by atoms with Gasteiger partial charge in [0, 0.05) is 46.0 Å². The first-order chi connectivity index (χ1) is 30.8. The molecule has 63 heavy (non-hydrogen) atoms. The van der Waals surface area contributed by atoms with E-state index in [4.69, 9.17) is 15.0 Å². The second-order valence-corrected chi connectivity index (χ2v) is 17.4. The lowest BCUT2D eigenvalue weighted by molar-refractivity contribution is 0.832. The minimum atomic E-state index is 0.253. The fourth-order valence-corrected chi connectivity index (χ4v) is 10.00. The molecule has 7 heteroatoms. The Hall–Kier alpha value is -7.77. The molecule has 0 bridgehead atoms. The SMILES string of the molecule is CC(C)c1cc(-c2ccccc2)cc(C(C)C)c1-c1nc2ccc(-n3c4ccccc4c4cc5c6ccccc6n(-c6nc7ccccc7n6C)c5cc43)cc2n1-c1ccccn1. The predicted octanol–water partition coefficient (Wildman–Crippen LogP) is 14.1. The monoisotopic (exact) mass is 815 g/mol. The van der Waals surface area contributed by atoms with Gasteiger partial charge in [0.05, 0.1) is 44.1 Å². The Bertz CT molecular complexity index is 3720. The van der Waals surface area contributed by atoms with Crippen molar-refractivity contribution in [1.82, 2.24) is 33.2 Å². The number of hydrogen-bond acceptors (Lipinski definition) is 3. The van der Waals surface area contributed by atoms with Crippen LogP contribution < -0.4 is 0 Å². The summed E-state index contributed by atoms with van der Waals surface area (Å²) in [5.41, 5.74) is 15.7. The summed E-state index contributed by atoms with van der Waals surface area (Å²) in [5, 5.41) is 4.80. The van der Waals surface area contributed by atoms with Crippen molar-refractivity contribution in [2.75, 3.05) is 0 Å². The first kappa shape index (κ1) is 37.0. The van der Waals surface area contributed by atoms with Crippen molar-refractivity contribution in [3.8, 4) is 40.0 Å². The van der Waals surface area contributed by atoms with E-state index in [1.807, 2.05) is 12.3 Å². The number of pyridine rings is 1. The molecular formula is C56H45N7. The standard InChI is InChI=1S/C56H45N7/c1-34(2)41-29-37(36-17-7-6-8-18-36)30-42(35(3)4)54(41)55-58-46-27-26-38(31-52(46)63(55)53-25-15-16-28-57-53)61-47-22-12-9-19-39(47)43-32-44-40-20-10-13-23-48(40)62(51(44)33-50(43)61)56-59-45-21-11-14-24-49(45)60(56)5/h6-35H,1-5H3. The van der Waals surface area contributed by atoms with Gasteiger partial charge in [-0.2, -0.15) is 0 Å². The third-order valence-corrected chi connectivity index (χ3v) is 13.0. The number of benzene rings is 7. The van der Waals surface area contributed by atoms with Crippen LogP contribution in [0, 0.1) is 0 Å². The third kappa shape index (κ3) is 5.62. The van der Waals surface area contributed by atoms with Crippen LogP contribution in [0.3, 0.4) is 0 Å². The molecule has 0 radical (unpaired) electrons. The summed E-state index contributed by atoms with van der Waals surface area (Å²) in [4.78, 5) is 15.7. The first-order valence-corrected chi connectivity index (χ1v) is 21.9. The molecule has 7 aromatic carbocycles. The summed E-state index contributed by atoms with van der Waals surface area (Å²) in [5.74, 6) is 3.13. The Balaban J connectivity index is 1.14. The molecule has 0 N–H and O–H groups in total. The summed E-state index contributed by atoms with van der Waals surface area (Å²) in [7, 11) is 2.11. The topological polar surface area (TPSA) is 58.4 Å². The van der Waals surface area contributed by atoms with Gasteiger partial charge in [-0.05, 0) is 101 Å². The smallest absolute Gasteiger partial charge is 0.215 e. The summed E-state index contributed by atoms with van der Waals surface area (Å²) in [6, 6.07) is 58.9. The van der Waals surface area contributed by atoms with E-state index >= 15 is 0 Å². The van der Waals surface area contributed by atoms with Crippen LogP contribution in [0.4, 0.5) is 0 Å². The van der Waals surface area contributed by atoms with Crippen LogP contribution in [-0.2, 0) is 7.05 Å². The van der Waals surface area contributed by atoms with E-state index in [-0.39, 0.29) is 11.8 Å². The maximum atomic E-state index is 5.53. The number of para-hydroxylation sites is 4. The minimum absolute atomic E-state index is 0.253. The van der Waals surface area contributed by atoms with E-state index in [9.17, 15) is 0 Å². The van der Waals surface area contributed by atoms with Gasteiger partial charge in [0.1, 0.15) is 11.6 Å². The predicted molar refractivity (Wildman–Crippen MR) is 261 cm³/mol. The maximum absolute atomic E-state index is 5.53. The number of aryl methyl sites for hydroxylation is 1. The van der Waals surface area contributed by atoms with Crippen LogP contribution in [0.2, 0.25) is 0 Å². The molecule has 5 heterocycles. The number of hydrogen-bond donors (Lipinski definition) is 0. The van der Waals surface area contributed by atoms with Gasteiger partial charge in [-0.3, -0.25) is 9.13 Å². The molecule has 0 unspecified atom stereocenters. The van der Waals surface area contributed by atoms with Gasteiger partial charge in [0.2, 0.25) is 5.95 Å².